The van der Waals surface area contributed by atoms with Crippen molar-refractivity contribution < 1.29 is 9.84 Å². The Hall–Kier alpha value is -1.48. The van der Waals surface area contributed by atoms with Gasteiger partial charge in [0.2, 0.25) is 0 Å². The lowest BCUT2D eigenvalue weighted by Gasteiger charge is -2.14. The van der Waals surface area contributed by atoms with Gasteiger partial charge in [-0.2, -0.15) is 0 Å². The van der Waals surface area contributed by atoms with Crippen LogP contribution < -0.4 is 5.32 Å². The van der Waals surface area contributed by atoms with Gasteiger partial charge in [-0.05, 0) is 43.0 Å². The fourth-order valence-corrected chi connectivity index (χ4v) is 2.36. The average Bonchev–Trinajstić information content (AvgIpc) is 2.74. The lowest BCUT2D eigenvalue weighted by Crippen LogP contribution is -2.21. The van der Waals surface area contributed by atoms with Gasteiger partial charge in [0, 0.05) is 6.04 Å². The van der Waals surface area contributed by atoms with E-state index in [0.29, 0.717) is 18.4 Å². The minimum Gasteiger partial charge on any atom is -0.508 e. The molecule has 2 rings (SSSR count). The van der Waals surface area contributed by atoms with Crippen molar-refractivity contribution in [3.8, 4) is 5.75 Å². The standard InChI is InChI=1S/C14H19NO2/c1-2-17-10-4-9-15-13-8-7-12-11(13)5-3-6-14(12)16/h2-3,5-6,13,15-16H,1,4,7-10H2. The molecule has 0 saturated heterocycles. The SMILES string of the molecule is C=COCCCNC1CCc2c(O)cccc21. The molecule has 0 aliphatic heterocycles. The number of nitrogens with one attached hydrogen (secondary N) is 1. The summed E-state index contributed by atoms with van der Waals surface area (Å²) in [6.07, 6.45) is 4.47. The molecule has 0 radical (unpaired) electrons. The van der Waals surface area contributed by atoms with Crippen LogP contribution in [0.1, 0.15) is 30.0 Å². The van der Waals surface area contributed by atoms with Crippen LogP contribution in [0.2, 0.25) is 0 Å². The van der Waals surface area contributed by atoms with Gasteiger partial charge in [-0.1, -0.05) is 18.7 Å². The second-order valence-corrected chi connectivity index (χ2v) is 4.28. The molecule has 92 valence electrons. The molecular weight excluding hydrogens is 214 g/mol. The molecule has 0 spiro atoms. The van der Waals surface area contributed by atoms with Crippen LogP contribution in [0.5, 0.6) is 5.75 Å². The molecule has 1 aliphatic carbocycles. The molecule has 3 heteroatoms. The highest BCUT2D eigenvalue weighted by Gasteiger charge is 2.23. The average molecular weight is 233 g/mol. The van der Waals surface area contributed by atoms with Gasteiger partial charge in [-0.3, -0.25) is 0 Å². The fourth-order valence-electron chi connectivity index (χ4n) is 2.36. The summed E-state index contributed by atoms with van der Waals surface area (Å²) in [6.45, 7) is 5.13. The van der Waals surface area contributed by atoms with Crippen molar-refractivity contribution in [2.24, 2.45) is 0 Å². The summed E-state index contributed by atoms with van der Waals surface area (Å²) >= 11 is 0. The summed E-state index contributed by atoms with van der Waals surface area (Å²) in [7, 11) is 0. The van der Waals surface area contributed by atoms with Crippen molar-refractivity contribution in [3.05, 3.63) is 42.2 Å². The Morgan fingerprint density at radius 3 is 3.24 bits per heavy atom. The van der Waals surface area contributed by atoms with E-state index in [9.17, 15) is 5.11 Å². The maximum absolute atomic E-state index is 9.73. The lowest BCUT2D eigenvalue weighted by molar-refractivity contribution is 0.243. The summed E-state index contributed by atoms with van der Waals surface area (Å²) in [4.78, 5) is 0. The lowest BCUT2D eigenvalue weighted by atomic mass is 10.1. The first kappa shape index (κ1) is 12.0. The maximum Gasteiger partial charge on any atom is 0.119 e. The highest BCUT2D eigenvalue weighted by Crippen LogP contribution is 2.35. The van der Waals surface area contributed by atoms with E-state index in [1.54, 1.807) is 6.07 Å². The number of aromatic hydroxyl groups is 1. The first-order chi connectivity index (χ1) is 8.33. The monoisotopic (exact) mass is 233 g/mol. The van der Waals surface area contributed by atoms with Crippen LogP contribution in [-0.2, 0) is 11.2 Å². The summed E-state index contributed by atoms with van der Waals surface area (Å²) < 4.78 is 5.07. The molecule has 17 heavy (non-hydrogen) atoms. The molecule has 1 aromatic carbocycles. The van der Waals surface area contributed by atoms with Crippen LogP contribution in [0.15, 0.2) is 31.0 Å². The number of phenols is 1. The third kappa shape index (κ3) is 2.80. The largest absolute Gasteiger partial charge is 0.508 e. The number of rotatable bonds is 6. The second kappa shape index (κ2) is 5.73. The fraction of sp³-hybridized carbons (Fsp3) is 0.429. The summed E-state index contributed by atoms with van der Waals surface area (Å²) in [5.74, 6) is 0.432. The minimum absolute atomic E-state index is 0.376. The zero-order chi connectivity index (χ0) is 12.1. The molecule has 2 N–H and O–H groups in total. The number of phenolic OH excluding ortho intramolecular Hbond substituents is 1. The van der Waals surface area contributed by atoms with Gasteiger partial charge >= 0.3 is 0 Å². The number of hydrogen-bond acceptors (Lipinski definition) is 3. The first-order valence-electron chi connectivity index (χ1n) is 6.09. The van der Waals surface area contributed by atoms with E-state index in [1.807, 2.05) is 6.07 Å². The van der Waals surface area contributed by atoms with Gasteiger partial charge in [-0.15, -0.1) is 0 Å². The predicted molar refractivity (Wildman–Crippen MR) is 67.9 cm³/mol. The van der Waals surface area contributed by atoms with Crippen LogP contribution >= 0.6 is 0 Å². The van der Waals surface area contributed by atoms with Crippen LogP contribution in [0.3, 0.4) is 0 Å². The molecule has 3 nitrogen and oxygen atoms in total. The van der Waals surface area contributed by atoms with Gasteiger partial charge in [0.25, 0.3) is 0 Å². The molecule has 1 aromatic rings. The van der Waals surface area contributed by atoms with E-state index in [2.05, 4.69) is 18.0 Å². The van der Waals surface area contributed by atoms with Gasteiger partial charge in [0.05, 0.1) is 12.9 Å². The Labute approximate surface area is 102 Å². The first-order valence-corrected chi connectivity index (χ1v) is 6.09. The zero-order valence-electron chi connectivity index (χ0n) is 9.98. The molecule has 1 unspecified atom stereocenters. The van der Waals surface area contributed by atoms with E-state index in [1.165, 1.54) is 11.8 Å². The third-order valence-electron chi connectivity index (χ3n) is 3.19. The van der Waals surface area contributed by atoms with Crippen LogP contribution in [0, 0.1) is 0 Å². The Morgan fingerprint density at radius 1 is 1.53 bits per heavy atom. The third-order valence-corrected chi connectivity index (χ3v) is 3.19. The molecule has 0 heterocycles. The van der Waals surface area contributed by atoms with Crippen molar-refractivity contribution in [2.75, 3.05) is 13.2 Å². The van der Waals surface area contributed by atoms with Crippen molar-refractivity contribution in [1.29, 1.82) is 0 Å². The Bertz CT molecular complexity index is 390. The van der Waals surface area contributed by atoms with Crippen molar-refractivity contribution in [1.82, 2.24) is 5.32 Å². The van der Waals surface area contributed by atoms with E-state index >= 15 is 0 Å². The molecule has 1 atom stereocenters. The van der Waals surface area contributed by atoms with Crippen molar-refractivity contribution in [3.63, 3.8) is 0 Å². The van der Waals surface area contributed by atoms with Crippen molar-refractivity contribution in [2.45, 2.75) is 25.3 Å². The van der Waals surface area contributed by atoms with E-state index in [-0.39, 0.29) is 0 Å². The van der Waals surface area contributed by atoms with Gasteiger partial charge < -0.3 is 15.2 Å². The smallest absolute Gasteiger partial charge is 0.119 e. The summed E-state index contributed by atoms with van der Waals surface area (Å²) in [5.41, 5.74) is 2.35. The molecule has 0 aromatic heterocycles. The van der Waals surface area contributed by atoms with Gasteiger partial charge in [-0.25, -0.2) is 0 Å². The summed E-state index contributed by atoms with van der Waals surface area (Å²) in [5, 5.41) is 13.2. The quantitative estimate of drug-likeness (QED) is 0.586. The molecular formula is C14H19NO2. The normalized spacial score (nSPS) is 17.8. The van der Waals surface area contributed by atoms with Gasteiger partial charge in [0.15, 0.2) is 0 Å². The maximum atomic E-state index is 9.73. The van der Waals surface area contributed by atoms with Crippen LogP contribution in [0.25, 0.3) is 0 Å². The van der Waals surface area contributed by atoms with Gasteiger partial charge in [0.1, 0.15) is 5.75 Å². The highest BCUT2D eigenvalue weighted by molar-refractivity contribution is 5.44. The zero-order valence-corrected chi connectivity index (χ0v) is 9.98. The van der Waals surface area contributed by atoms with E-state index < -0.39 is 0 Å². The van der Waals surface area contributed by atoms with Crippen LogP contribution in [-0.4, -0.2) is 18.3 Å². The predicted octanol–water partition coefficient (Wildman–Crippen LogP) is 2.52. The molecule has 0 bridgehead atoms. The summed E-state index contributed by atoms with van der Waals surface area (Å²) in [6, 6.07) is 6.15. The highest BCUT2D eigenvalue weighted by atomic mass is 16.5. The minimum atomic E-state index is 0.376. The Kier molecular flexibility index (Phi) is 4.04. The Balaban J connectivity index is 1.85. The number of fused-ring (bicyclic) bond motifs is 1. The second-order valence-electron chi connectivity index (χ2n) is 4.28. The number of ether oxygens (including phenoxy) is 1. The number of hydrogen-bond donors (Lipinski definition) is 2. The van der Waals surface area contributed by atoms with E-state index in [4.69, 9.17) is 4.74 Å². The number of benzene rings is 1. The van der Waals surface area contributed by atoms with Crippen molar-refractivity contribution >= 4 is 0 Å². The topological polar surface area (TPSA) is 41.5 Å². The molecule has 1 aliphatic rings. The molecule has 0 amide bonds. The Morgan fingerprint density at radius 2 is 2.41 bits per heavy atom. The van der Waals surface area contributed by atoms with E-state index in [0.717, 1.165) is 31.4 Å². The molecule has 0 saturated carbocycles. The van der Waals surface area contributed by atoms with Crippen LogP contribution in [0.4, 0.5) is 0 Å². The molecule has 0 fully saturated rings.